The van der Waals surface area contributed by atoms with Crippen LogP contribution in [0, 0.1) is 6.92 Å². The first kappa shape index (κ1) is 21.9. The maximum Gasteiger partial charge on any atom is 0.278 e. The molecule has 8 heteroatoms. The molecular weight excluding hydrogens is 438 g/mol. The van der Waals surface area contributed by atoms with Crippen molar-refractivity contribution in [2.45, 2.75) is 51.6 Å². The topological polar surface area (TPSA) is 93.5 Å². The Kier molecular flexibility index (Phi) is 6.28. The zero-order valence-electron chi connectivity index (χ0n) is 18.6. The number of rotatable bonds is 6. The third-order valence-electron chi connectivity index (χ3n) is 6.22. The third kappa shape index (κ3) is 4.72. The number of anilines is 1. The van der Waals surface area contributed by atoms with Crippen molar-refractivity contribution in [3.63, 3.8) is 0 Å². The van der Waals surface area contributed by atoms with E-state index in [2.05, 4.69) is 15.8 Å². The quantitative estimate of drug-likeness (QED) is 0.548. The summed E-state index contributed by atoms with van der Waals surface area (Å²) < 4.78 is 11.0. The lowest BCUT2D eigenvalue weighted by Gasteiger charge is -2.15. The molecule has 0 unspecified atom stereocenters. The molecule has 2 N–H and O–H groups in total. The van der Waals surface area contributed by atoms with E-state index in [9.17, 15) is 9.59 Å². The maximum atomic E-state index is 13.1. The molecule has 33 heavy (non-hydrogen) atoms. The molecule has 1 fully saturated rings. The Bertz CT molecular complexity index is 1160. The van der Waals surface area contributed by atoms with Gasteiger partial charge in [0.2, 0.25) is 0 Å². The summed E-state index contributed by atoms with van der Waals surface area (Å²) in [4.78, 5) is 27.3. The minimum Gasteiger partial charge on any atom is -0.376 e. The molecule has 1 atom stereocenters. The lowest BCUT2D eigenvalue weighted by atomic mass is 9.95. The van der Waals surface area contributed by atoms with E-state index in [1.165, 1.54) is 16.2 Å². The van der Waals surface area contributed by atoms with Gasteiger partial charge in [-0.25, -0.2) is 0 Å². The zero-order valence-corrected chi connectivity index (χ0v) is 19.4. The fourth-order valence-electron chi connectivity index (χ4n) is 4.40. The number of hydrogen-bond donors (Lipinski definition) is 2. The highest BCUT2D eigenvalue weighted by Crippen LogP contribution is 2.38. The smallest absolute Gasteiger partial charge is 0.278 e. The fraction of sp³-hybridized carbons (Fsp3) is 0.400. The molecule has 1 saturated heterocycles. The van der Waals surface area contributed by atoms with Gasteiger partial charge in [0.05, 0.1) is 11.7 Å². The number of benzene rings is 1. The van der Waals surface area contributed by atoms with Crippen molar-refractivity contribution in [1.82, 2.24) is 10.5 Å². The van der Waals surface area contributed by atoms with Crippen LogP contribution in [0.3, 0.4) is 0 Å². The van der Waals surface area contributed by atoms with Crippen LogP contribution >= 0.6 is 11.3 Å². The lowest BCUT2D eigenvalue weighted by molar-refractivity contribution is 0.0858. The summed E-state index contributed by atoms with van der Waals surface area (Å²) in [5, 5.41) is 10.5. The molecule has 5 rings (SSSR count). The monoisotopic (exact) mass is 465 g/mol. The molecule has 0 saturated carbocycles. The van der Waals surface area contributed by atoms with E-state index in [1.807, 2.05) is 31.2 Å². The second-order valence-electron chi connectivity index (χ2n) is 8.66. The van der Waals surface area contributed by atoms with Crippen LogP contribution < -0.4 is 10.6 Å². The first-order valence-corrected chi connectivity index (χ1v) is 12.3. The van der Waals surface area contributed by atoms with Crippen molar-refractivity contribution < 1.29 is 18.8 Å². The van der Waals surface area contributed by atoms with Gasteiger partial charge in [0.1, 0.15) is 5.00 Å². The molecule has 0 radical (unpaired) electrons. The van der Waals surface area contributed by atoms with Gasteiger partial charge in [0.15, 0.2) is 11.5 Å². The van der Waals surface area contributed by atoms with E-state index < -0.39 is 0 Å². The van der Waals surface area contributed by atoms with E-state index in [4.69, 9.17) is 9.26 Å². The molecule has 3 aromatic rings. The Labute approximate surface area is 196 Å². The molecule has 2 amide bonds. The van der Waals surface area contributed by atoms with Crippen LogP contribution in [0.5, 0.6) is 0 Å². The Hall–Kier alpha value is -2.97. The number of carbonyl (C=O) groups is 2. The normalized spacial score (nSPS) is 17.5. The Balaban J connectivity index is 1.35. The number of aromatic nitrogens is 1. The van der Waals surface area contributed by atoms with Gasteiger partial charge in [-0.3, -0.25) is 9.59 Å². The number of nitrogens with zero attached hydrogens (tertiary/aromatic N) is 1. The highest BCUT2D eigenvalue weighted by atomic mass is 32.1. The number of fused-ring (bicyclic) bond motifs is 1. The van der Waals surface area contributed by atoms with E-state index in [1.54, 1.807) is 6.07 Å². The summed E-state index contributed by atoms with van der Waals surface area (Å²) in [5.74, 6) is -0.00950. The number of carbonyl (C=O) groups excluding carboxylic acids is 2. The summed E-state index contributed by atoms with van der Waals surface area (Å²) in [5.41, 5.74) is 3.83. The van der Waals surface area contributed by atoms with Gasteiger partial charge in [-0.1, -0.05) is 35.0 Å². The van der Waals surface area contributed by atoms with Crippen LogP contribution in [0.1, 0.15) is 62.5 Å². The fourth-order valence-corrected chi connectivity index (χ4v) is 5.68. The maximum absolute atomic E-state index is 13.1. The van der Waals surface area contributed by atoms with Gasteiger partial charge in [0, 0.05) is 29.7 Å². The van der Waals surface area contributed by atoms with E-state index in [-0.39, 0.29) is 23.6 Å². The van der Waals surface area contributed by atoms with Crippen LogP contribution in [0.25, 0.3) is 11.3 Å². The summed E-state index contributed by atoms with van der Waals surface area (Å²) >= 11 is 1.49. The molecule has 2 aliphatic rings. The van der Waals surface area contributed by atoms with Crippen LogP contribution in [-0.4, -0.2) is 36.2 Å². The third-order valence-corrected chi connectivity index (χ3v) is 7.43. The average molecular weight is 466 g/mol. The molecule has 1 aromatic carbocycles. The van der Waals surface area contributed by atoms with Crippen molar-refractivity contribution >= 4 is 28.2 Å². The molecule has 1 aliphatic carbocycles. The van der Waals surface area contributed by atoms with Crippen LogP contribution in [0.4, 0.5) is 5.00 Å². The minimum absolute atomic E-state index is 0.0665. The van der Waals surface area contributed by atoms with Gasteiger partial charge >= 0.3 is 0 Å². The van der Waals surface area contributed by atoms with E-state index >= 15 is 0 Å². The highest BCUT2D eigenvalue weighted by Gasteiger charge is 2.28. The number of aryl methyl sites for hydroxylation is 2. The van der Waals surface area contributed by atoms with Crippen molar-refractivity contribution in [3.05, 3.63) is 57.6 Å². The number of hydrogen-bond acceptors (Lipinski definition) is 6. The zero-order chi connectivity index (χ0) is 22.8. The molecule has 0 spiro atoms. The van der Waals surface area contributed by atoms with Crippen molar-refractivity contribution in [2.24, 2.45) is 0 Å². The molecule has 0 bridgehead atoms. The van der Waals surface area contributed by atoms with Crippen LogP contribution in [0.2, 0.25) is 0 Å². The predicted octanol–water partition coefficient (Wildman–Crippen LogP) is 4.75. The Morgan fingerprint density at radius 3 is 2.73 bits per heavy atom. The van der Waals surface area contributed by atoms with E-state index in [0.717, 1.165) is 61.8 Å². The second-order valence-corrected chi connectivity index (χ2v) is 9.76. The highest BCUT2D eigenvalue weighted by molar-refractivity contribution is 7.17. The standard InChI is InChI=1S/C25H27N3O4S/c1-15-8-10-16(11-9-15)20-13-19(28-32-20)23(29)27-25-22(18-6-2-3-7-21(18)33-25)24(30)26-14-17-5-4-12-31-17/h8-11,13,17H,2-7,12,14H2,1H3,(H,26,30)(H,27,29)/t17-/m0/s1. The Morgan fingerprint density at radius 2 is 1.94 bits per heavy atom. The van der Waals surface area contributed by atoms with Crippen molar-refractivity contribution in [2.75, 3.05) is 18.5 Å². The summed E-state index contributed by atoms with van der Waals surface area (Å²) in [6, 6.07) is 9.46. The summed E-state index contributed by atoms with van der Waals surface area (Å²) in [6.07, 6.45) is 5.98. The molecule has 1 aliphatic heterocycles. The first-order chi connectivity index (χ1) is 16.1. The van der Waals surface area contributed by atoms with Gasteiger partial charge in [-0.2, -0.15) is 0 Å². The predicted molar refractivity (Wildman–Crippen MR) is 127 cm³/mol. The van der Waals surface area contributed by atoms with Crippen LogP contribution in [-0.2, 0) is 17.6 Å². The minimum atomic E-state index is -0.385. The first-order valence-electron chi connectivity index (χ1n) is 11.5. The molecular formula is C25H27N3O4S. The molecule has 2 aromatic heterocycles. The number of ether oxygens (including phenoxy) is 1. The largest absolute Gasteiger partial charge is 0.376 e. The van der Waals surface area contributed by atoms with Crippen LogP contribution in [0.15, 0.2) is 34.9 Å². The van der Waals surface area contributed by atoms with Gasteiger partial charge in [-0.15, -0.1) is 11.3 Å². The average Bonchev–Trinajstić information content (AvgIpc) is 3.57. The molecule has 7 nitrogen and oxygen atoms in total. The molecule has 172 valence electrons. The second kappa shape index (κ2) is 9.49. The number of amides is 2. The summed E-state index contributed by atoms with van der Waals surface area (Å²) in [7, 11) is 0. The van der Waals surface area contributed by atoms with Gasteiger partial charge in [-0.05, 0) is 51.0 Å². The summed E-state index contributed by atoms with van der Waals surface area (Å²) in [6.45, 7) is 3.25. The number of nitrogens with one attached hydrogen (secondary N) is 2. The SMILES string of the molecule is Cc1ccc(-c2cc(C(=O)Nc3sc4c(c3C(=O)NC[C@@H]3CCCO3)CCCC4)no2)cc1. The van der Waals surface area contributed by atoms with Crippen molar-refractivity contribution in [3.8, 4) is 11.3 Å². The van der Waals surface area contributed by atoms with E-state index in [0.29, 0.717) is 22.9 Å². The molecule has 3 heterocycles. The van der Waals surface area contributed by atoms with Gasteiger partial charge in [0.25, 0.3) is 11.8 Å². The van der Waals surface area contributed by atoms with Crippen molar-refractivity contribution in [1.29, 1.82) is 0 Å². The van der Waals surface area contributed by atoms with Gasteiger partial charge < -0.3 is 19.9 Å². The lowest BCUT2D eigenvalue weighted by Crippen LogP contribution is -2.32. The Morgan fingerprint density at radius 1 is 1.12 bits per heavy atom. The number of thiophene rings is 1.